The molecule has 0 amide bonds. The summed E-state index contributed by atoms with van der Waals surface area (Å²) in [6, 6.07) is 1.70. The van der Waals surface area contributed by atoms with Crippen LogP contribution in [0.1, 0.15) is 12.8 Å². The van der Waals surface area contributed by atoms with Crippen molar-refractivity contribution in [2.45, 2.75) is 24.9 Å². The lowest BCUT2D eigenvalue weighted by molar-refractivity contribution is -0.157. The number of rotatable bonds is 1. The van der Waals surface area contributed by atoms with E-state index in [1.807, 2.05) is 0 Å². The van der Waals surface area contributed by atoms with Gasteiger partial charge in [-0.05, 0) is 12.8 Å². The van der Waals surface area contributed by atoms with Gasteiger partial charge in [-0.1, -0.05) is 11.6 Å². The van der Waals surface area contributed by atoms with Gasteiger partial charge in [-0.3, -0.25) is 9.36 Å². The summed E-state index contributed by atoms with van der Waals surface area (Å²) in [5.74, 6) is 0.620. The molecule has 3 fully saturated rings. The van der Waals surface area contributed by atoms with Gasteiger partial charge < -0.3 is 9.64 Å². The predicted octanol–water partition coefficient (Wildman–Crippen LogP) is 0.422. The lowest BCUT2D eigenvalue weighted by Gasteiger charge is -2.43. The van der Waals surface area contributed by atoms with E-state index in [0.717, 1.165) is 18.7 Å². The molecule has 2 bridgehead atoms. The minimum Gasteiger partial charge on any atom is -0.469 e. The highest BCUT2D eigenvalue weighted by Gasteiger charge is 2.71. The van der Waals surface area contributed by atoms with E-state index in [1.54, 1.807) is 10.6 Å². The fourth-order valence-corrected chi connectivity index (χ4v) is 4.23. The number of esters is 1. The third kappa shape index (κ3) is 1.16. The molecule has 0 aromatic carbocycles. The lowest BCUT2D eigenvalue weighted by atomic mass is 9.62. The Hall–Kier alpha value is -1.56. The molecule has 0 unspecified atom stereocenters. The molecule has 19 heavy (non-hydrogen) atoms. The lowest BCUT2D eigenvalue weighted by Crippen LogP contribution is -2.52. The van der Waals surface area contributed by atoms with Gasteiger partial charge in [0.25, 0.3) is 0 Å². The molecule has 6 nitrogen and oxygen atoms in total. The molecule has 1 aliphatic carbocycles. The van der Waals surface area contributed by atoms with E-state index in [0.29, 0.717) is 13.1 Å². The summed E-state index contributed by atoms with van der Waals surface area (Å²) >= 11 is 5.86. The maximum Gasteiger partial charge on any atom is 0.350 e. The number of hydrogen-bond donors (Lipinski definition) is 0. The second-order valence-electron chi connectivity index (χ2n) is 5.74. The van der Waals surface area contributed by atoms with Gasteiger partial charge in [-0.25, -0.2) is 4.79 Å². The second kappa shape index (κ2) is 3.12. The fourth-order valence-electron chi connectivity index (χ4n) is 4.06. The maximum absolute atomic E-state index is 11.9. The van der Waals surface area contributed by atoms with Crippen molar-refractivity contribution in [2.24, 2.45) is 5.41 Å². The van der Waals surface area contributed by atoms with Crippen molar-refractivity contribution in [3.63, 3.8) is 0 Å². The number of methoxy groups -OCH3 is 1. The van der Waals surface area contributed by atoms with Crippen molar-refractivity contribution < 1.29 is 9.53 Å². The smallest absolute Gasteiger partial charge is 0.350 e. The number of fused-ring (bicyclic) bond motifs is 1. The summed E-state index contributed by atoms with van der Waals surface area (Å²) in [7, 11) is 1.42. The van der Waals surface area contributed by atoms with Crippen LogP contribution in [0.2, 0.25) is 5.15 Å². The standard InChI is InChI=1S/C12H12ClN3O3/c1-19-9(17)11-3-12(4-11)6-15-8(16(12)5-11)2-7(13)14-10(15)18/h2H,3-6H2,1H3. The zero-order valence-electron chi connectivity index (χ0n) is 10.4. The van der Waals surface area contributed by atoms with Gasteiger partial charge in [0.05, 0.1) is 24.6 Å². The van der Waals surface area contributed by atoms with Gasteiger partial charge in [0.1, 0.15) is 11.0 Å². The summed E-state index contributed by atoms with van der Waals surface area (Å²) in [5.41, 5.74) is -0.833. The van der Waals surface area contributed by atoms with Crippen LogP contribution in [0, 0.1) is 5.41 Å². The van der Waals surface area contributed by atoms with Crippen molar-refractivity contribution >= 4 is 23.4 Å². The summed E-state index contributed by atoms with van der Waals surface area (Å²) in [5, 5.41) is 0.199. The molecule has 5 rings (SSSR count). The first kappa shape index (κ1) is 11.3. The molecular weight excluding hydrogens is 270 g/mol. The average Bonchev–Trinajstić information content (AvgIpc) is 2.90. The Morgan fingerprint density at radius 3 is 2.89 bits per heavy atom. The summed E-state index contributed by atoms with van der Waals surface area (Å²) in [6.45, 7) is 1.18. The number of hydrogen-bond acceptors (Lipinski definition) is 5. The minimum absolute atomic E-state index is 0.118. The Morgan fingerprint density at radius 1 is 1.47 bits per heavy atom. The number of halogens is 1. The molecule has 4 aliphatic rings. The molecule has 1 aromatic rings. The molecule has 1 aromatic heterocycles. The Morgan fingerprint density at radius 2 is 2.21 bits per heavy atom. The molecule has 4 heterocycles. The number of carbonyl (C=O) groups excluding carboxylic acids is 1. The van der Waals surface area contributed by atoms with Crippen LogP contribution >= 0.6 is 11.6 Å². The SMILES string of the molecule is COC(=O)C12CN3c4cc(Cl)nc(=O)n4CC3(C1)C2. The number of aromatic nitrogens is 2. The molecule has 7 heteroatoms. The molecule has 0 atom stereocenters. The van der Waals surface area contributed by atoms with Crippen LogP contribution in [0.3, 0.4) is 0 Å². The van der Waals surface area contributed by atoms with Gasteiger partial charge in [0.2, 0.25) is 0 Å². The van der Waals surface area contributed by atoms with Crippen molar-refractivity contribution in [3.8, 4) is 0 Å². The largest absolute Gasteiger partial charge is 0.469 e. The number of ether oxygens (including phenoxy) is 1. The van der Waals surface area contributed by atoms with E-state index in [2.05, 4.69) is 9.88 Å². The molecular formula is C12H12ClN3O3. The van der Waals surface area contributed by atoms with Crippen LogP contribution in [0.5, 0.6) is 0 Å². The van der Waals surface area contributed by atoms with Crippen molar-refractivity contribution in [1.29, 1.82) is 0 Å². The maximum atomic E-state index is 11.9. The highest BCUT2D eigenvalue weighted by Crippen LogP contribution is 2.63. The molecule has 1 saturated carbocycles. The zero-order valence-corrected chi connectivity index (χ0v) is 11.1. The molecule has 3 aliphatic heterocycles. The molecule has 0 radical (unpaired) electrons. The zero-order chi connectivity index (χ0) is 13.4. The van der Waals surface area contributed by atoms with Crippen molar-refractivity contribution in [2.75, 3.05) is 18.6 Å². The Kier molecular flexibility index (Phi) is 1.85. The second-order valence-corrected chi connectivity index (χ2v) is 6.13. The Labute approximate surface area is 113 Å². The number of carbonyl (C=O) groups is 1. The van der Waals surface area contributed by atoms with E-state index < -0.39 is 5.41 Å². The highest BCUT2D eigenvalue weighted by atomic mass is 35.5. The first-order valence-corrected chi connectivity index (χ1v) is 6.51. The fraction of sp³-hybridized carbons (Fsp3) is 0.583. The van der Waals surface area contributed by atoms with E-state index >= 15 is 0 Å². The van der Waals surface area contributed by atoms with Gasteiger partial charge in [0.15, 0.2) is 0 Å². The normalized spacial score (nSPS) is 33.7. The van der Waals surface area contributed by atoms with Crippen LogP contribution in [-0.2, 0) is 16.1 Å². The number of anilines is 1. The van der Waals surface area contributed by atoms with Crippen LogP contribution < -0.4 is 10.6 Å². The van der Waals surface area contributed by atoms with Crippen molar-refractivity contribution in [3.05, 3.63) is 21.7 Å². The molecule has 1 spiro atoms. The van der Waals surface area contributed by atoms with Gasteiger partial charge >= 0.3 is 11.7 Å². The Balaban J connectivity index is 1.79. The molecule has 2 saturated heterocycles. The van der Waals surface area contributed by atoms with Crippen molar-refractivity contribution in [1.82, 2.24) is 9.55 Å². The van der Waals surface area contributed by atoms with Gasteiger partial charge in [-0.15, -0.1) is 0 Å². The van der Waals surface area contributed by atoms with Crippen LogP contribution in [0.25, 0.3) is 0 Å². The predicted molar refractivity (Wildman–Crippen MR) is 67.3 cm³/mol. The minimum atomic E-state index is -0.397. The first-order chi connectivity index (χ1) is 9.00. The monoisotopic (exact) mass is 281 g/mol. The number of nitrogens with zero attached hydrogens (tertiary/aromatic N) is 3. The first-order valence-electron chi connectivity index (χ1n) is 6.13. The third-order valence-corrected chi connectivity index (χ3v) is 4.87. The highest BCUT2D eigenvalue weighted by molar-refractivity contribution is 6.29. The van der Waals surface area contributed by atoms with Gasteiger partial charge in [-0.2, -0.15) is 4.98 Å². The molecule has 0 N–H and O–H groups in total. The van der Waals surface area contributed by atoms with Crippen LogP contribution in [-0.4, -0.2) is 34.7 Å². The molecule has 100 valence electrons. The van der Waals surface area contributed by atoms with E-state index in [-0.39, 0.29) is 22.4 Å². The summed E-state index contributed by atoms with van der Waals surface area (Å²) in [4.78, 5) is 29.6. The average molecular weight is 282 g/mol. The van der Waals surface area contributed by atoms with Crippen LogP contribution in [0.15, 0.2) is 10.9 Å². The topological polar surface area (TPSA) is 64.4 Å². The van der Waals surface area contributed by atoms with E-state index in [9.17, 15) is 9.59 Å². The third-order valence-electron chi connectivity index (χ3n) is 4.67. The Bertz CT molecular complexity index is 663. The van der Waals surface area contributed by atoms with Crippen LogP contribution in [0.4, 0.5) is 5.82 Å². The summed E-state index contributed by atoms with van der Waals surface area (Å²) < 4.78 is 6.54. The van der Waals surface area contributed by atoms with Gasteiger partial charge in [0, 0.05) is 12.6 Å². The van der Waals surface area contributed by atoms with E-state index in [1.165, 1.54) is 7.11 Å². The summed E-state index contributed by atoms with van der Waals surface area (Å²) in [6.07, 6.45) is 1.48. The quantitative estimate of drug-likeness (QED) is 0.551. The van der Waals surface area contributed by atoms with E-state index in [4.69, 9.17) is 16.3 Å².